The van der Waals surface area contributed by atoms with Crippen LogP contribution in [0.5, 0.6) is 0 Å². The zero-order valence-corrected chi connectivity index (χ0v) is 13.1. The van der Waals surface area contributed by atoms with E-state index in [0.29, 0.717) is 16.8 Å². The first kappa shape index (κ1) is 16.8. The summed E-state index contributed by atoms with van der Waals surface area (Å²) in [6.07, 6.45) is 0. The summed E-state index contributed by atoms with van der Waals surface area (Å²) in [4.78, 5) is 23.6. The topological polar surface area (TPSA) is 58.2 Å². The zero-order chi connectivity index (χ0) is 16.8. The minimum absolute atomic E-state index is 0.0156. The highest BCUT2D eigenvalue weighted by Crippen LogP contribution is 2.17. The number of Topliss-reactive ketones (excluding diaryl/α,β-unsaturated/α-hetero) is 1. The Bertz CT molecular complexity index is 716. The van der Waals surface area contributed by atoms with Gasteiger partial charge in [-0.1, -0.05) is 30.3 Å². The fraction of sp³-hybridized carbons (Fsp3) is 0.222. The Morgan fingerprint density at radius 2 is 1.74 bits per heavy atom. The van der Waals surface area contributed by atoms with Gasteiger partial charge in [0.1, 0.15) is 5.82 Å². The molecule has 0 aliphatic rings. The van der Waals surface area contributed by atoms with Gasteiger partial charge in [-0.3, -0.25) is 9.59 Å². The average molecular weight is 314 g/mol. The Balaban J connectivity index is 1.96. The van der Waals surface area contributed by atoms with Gasteiger partial charge in [0.25, 0.3) is 0 Å². The number of carbonyl (C=O) groups excluding carboxylic acids is 2. The van der Waals surface area contributed by atoms with Gasteiger partial charge in [-0.25, -0.2) is 4.39 Å². The van der Waals surface area contributed by atoms with Crippen molar-refractivity contribution < 1.29 is 14.0 Å². The fourth-order valence-corrected chi connectivity index (χ4v) is 2.28. The molecule has 23 heavy (non-hydrogen) atoms. The first-order chi connectivity index (χ1) is 11.0. The molecule has 1 unspecified atom stereocenters. The van der Waals surface area contributed by atoms with Gasteiger partial charge in [0.05, 0.1) is 12.2 Å². The molecule has 2 aromatic rings. The van der Waals surface area contributed by atoms with Crippen LogP contribution in [0.2, 0.25) is 0 Å². The highest BCUT2D eigenvalue weighted by Gasteiger charge is 2.13. The minimum Gasteiger partial charge on any atom is -0.324 e. The van der Waals surface area contributed by atoms with Crippen molar-refractivity contribution in [2.45, 2.75) is 19.9 Å². The van der Waals surface area contributed by atoms with Gasteiger partial charge in [0, 0.05) is 17.2 Å². The average Bonchev–Trinajstić information content (AvgIpc) is 2.53. The second kappa shape index (κ2) is 7.65. The number of carbonyl (C=O) groups is 2. The molecule has 0 radical (unpaired) electrons. The van der Waals surface area contributed by atoms with Crippen LogP contribution in [0.1, 0.15) is 35.8 Å². The number of benzene rings is 2. The number of para-hydroxylation sites is 1. The van der Waals surface area contributed by atoms with Crippen LogP contribution in [0, 0.1) is 5.82 Å². The lowest BCUT2D eigenvalue weighted by molar-refractivity contribution is -0.115. The third kappa shape index (κ3) is 4.47. The third-order valence-electron chi connectivity index (χ3n) is 3.52. The molecule has 2 aromatic carbocycles. The Hall–Kier alpha value is -2.53. The number of hydrogen-bond acceptors (Lipinski definition) is 3. The number of nitrogens with one attached hydrogen (secondary N) is 2. The molecule has 120 valence electrons. The number of hydrogen-bond donors (Lipinski definition) is 2. The van der Waals surface area contributed by atoms with Crippen LogP contribution in [0.15, 0.2) is 48.5 Å². The maximum Gasteiger partial charge on any atom is 0.238 e. The Morgan fingerprint density at radius 3 is 2.43 bits per heavy atom. The largest absolute Gasteiger partial charge is 0.324 e. The summed E-state index contributed by atoms with van der Waals surface area (Å²) < 4.78 is 13.7. The lowest BCUT2D eigenvalue weighted by atomic mass is 10.1. The van der Waals surface area contributed by atoms with E-state index in [1.807, 2.05) is 0 Å². The van der Waals surface area contributed by atoms with Crippen molar-refractivity contribution in [1.82, 2.24) is 5.32 Å². The van der Waals surface area contributed by atoms with Crippen molar-refractivity contribution in [2.24, 2.45) is 0 Å². The summed E-state index contributed by atoms with van der Waals surface area (Å²) in [6.45, 7) is 3.25. The van der Waals surface area contributed by atoms with Crippen LogP contribution >= 0.6 is 0 Å². The second-order valence-corrected chi connectivity index (χ2v) is 5.27. The molecular weight excluding hydrogens is 295 g/mol. The van der Waals surface area contributed by atoms with Crippen molar-refractivity contribution >= 4 is 17.4 Å². The van der Waals surface area contributed by atoms with Gasteiger partial charge in [-0.15, -0.1) is 0 Å². The van der Waals surface area contributed by atoms with Crippen LogP contribution < -0.4 is 10.6 Å². The number of ketones is 1. The van der Waals surface area contributed by atoms with Gasteiger partial charge < -0.3 is 10.6 Å². The predicted octanol–water partition coefficient (Wildman–Crippen LogP) is 3.32. The predicted molar refractivity (Wildman–Crippen MR) is 87.9 cm³/mol. The number of anilines is 1. The summed E-state index contributed by atoms with van der Waals surface area (Å²) in [6, 6.07) is 13.0. The van der Waals surface area contributed by atoms with E-state index >= 15 is 0 Å². The quantitative estimate of drug-likeness (QED) is 0.804. The first-order valence-electron chi connectivity index (χ1n) is 7.36. The molecular formula is C18H19FN2O2. The van der Waals surface area contributed by atoms with Crippen LogP contribution in [0.3, 0.4) is 0 Å². The molecule has 0 saturated carbocycles. The van der Waals surface area contributed by atoms with Gasteiger partial charge in [-0.05, 0) is 32.0 Å². The molecule has 0 aliphatic carbocycles. The molecule has 1 atom stereocenters. The SMILES string of the molecule is CC(=O)c1ccccc1NC(=O)CNC(C)c1ccccc1F. The molecule has 2 rings (SSSR count). The number of halogens is 1. The monoisotopic (exact) mass is 314 g/mol. The lowest BCUT2D eigenvalue weighted by Gasteiger charge is -2.15. The van der Waals surface area contributed by atoms with E-state index < -0.39 is 0 Å². The molecule has 4 nitrogen and oxygen atoms in total. The van der Waals surface area contributed by atoms with E-state index in [1.54, 1.807) is 49.4 Å². The number of rotatable bonds is 6. The van der Waals surface area contributed by atoms with Gasteiger partial charge in [0.15, 0.2) is 5.78 Å². The van der Waals surface area contributed by atoms with E-state index in [9.17, 15) is 14.0 Å². The molecule has 0 aromatic heterocycles. The fourth-order valence-electron chi connectivity index (χ4n) is 2.28. The first-order valence-corrected chi connectivity index (χ1v) is 7.36. The molecule has 0 spiro atoms. The van der Waals surface area contributed by atoms with Crippen molar-refractivity contribution in [3.8, 4) is 0 Å². The highest BCUT2D eigenvalue weighted by atomic mass is 19.1. The van der Waals surface area contributed by atoms with Gasteiger partial charge >= 0.3 is 0 Å². The van der Waals surface area contributed by atoms with Crippen molar-refractivity contribution in [1.29, 1.82) is 0 Å². The molecule has 0 aliphatic heterocycles. The van der Waals surface area contributed by atoms with E-state index in [1.165, 1.54) is 13.0 Å². The summed E-state index contributed by atoms with van der Waals surface area (Å²) in [5, 5.41) is 5.67. The second-order valence-electron chi connectivity index (χ2n) is 5.27. The minimum atomic E-state index is -0.310. The normalized spacial score (nSPS) is 11.8. The molecule has 0 heterocycles. The van der Waals surface area contributed by atoms with E-state index in [0.717, 1.165) is 0 Å². The standard InChI is InChI=1S/C18H19FN2O2/c1-12(14-7-3-5-9-16(14)19)20-11-18(23)21-17-10-6-4-8-15(17)13(2)22/h3-10,12,20H,11H2,1-2H3,(H,21,23). The molecule has 0 fully saturated rings. The molecule has 2 N–H and O–H groups in total. The van der Waals surface area contributed by atoms with Crippen LogP contribution in [0.25, 0.3) is 0 Å². The Morgan fingerprint density at radius 1 is 1.09 bits per heavy atom. The van der Waals surface area contributed by atoms with E-state index in [4.69, 9.17) is 0 Å². The Kier molecular flexibility index (Phi) is 5.60. The smallest absolute Gasteiger partial charge is 0.238 e. The third-order valence-corrected chi connectivity index (χ3v) is 3.52. The lowest BCUT2D eigenvalue weighted by Crippen LogP contribution is -2.30. The summed E-state index contributed by atoms with van der Waals surface area (Å²) >= 11 is 0. The summed E-state index contributed by atoms with van der Waals surface area (Å²) in [7, 11) is 0. The molecule has 0 saturated heterocycles. The maximum absolute atomic E-state index is 13.7. The molecule has 0 bridgehead atoms. The summed E-state index contributed by atoms with van der Waals surface area (Å²) in [5.74, 6) is -0.717. The van der Waals surface area contributed by atoms with Crippen LogP contribution in [-0.4, -0.2) is 18.2 Å². The van der Waals surface area contributed by atoms with E-state index in [2.05, 4.69) is 10.6 Å². The van der Waals surface area contributed by atoms with Crippen molar-refractivity contribution in [2.75, 3.05) is 11.9 Å². The van der Waals surface area contributed by atoms with Crippen molar-refractivity contribution in [3.05, 3.63) is 65.5 Å². The highest BCUT2D eigenvalue weighted by molar-refractivity contribution is 6.04. The molecule has 1 amide bonds. The maximum atomic E-state index is 13.7. The van der Waals surface area contributed by atoms with Crippen LogP contribution in [-0.2, 0) is 4.79 Å². The van der Waals surface area contributed by atoms with Crippen LogP contribution in [0.4, 0.5) is 10.1 Å². The molecule has 5 heteroatoms. The van der Waals surface area contributed by atoms with Gasteiger partial charge in [-0.2, -0.15) is 0 Å². The van der Waals surface area contributed by atoms with Crippen molar-refractivity contribution in [3.63, 3.8) is 0 Å². The van der Waals surface area contributed by atoms with E-state index in [-0.39, 0.29) is 30.1 Å². The summed E-state index contributed by atoms with van der Waals surface area (Å²) in [5.41, 5.74) is 1.44. The zero-order valence-electron chi connectivity index (χ0n) is 13.1. The number of amides is 1. The van der Waals surface area contributed by atoms with Gasteiger partial charge in [0.2, 0.25) is 5.91 Å². The Labute approximate surface area is 134 Å².